The minimum absolute atomic E-state index is 0.320. The number of methoxy groups -OCH3 is 1. The van der Waals surface area contributed by atoms with Crippen LogP contribution in [-0.2, 0) is 0 Å². The lowest BCUT2D eigenvalue weighted by atomic mass is 9.99. The second-order valence-electron chi connectivity index (χ2n) is 6.51. The van der Waals surface area contributed by atoms with Crippen LogP contribution in [0.1, 0.15) is 27.4 Å². The first-order valence-electron chi connectivity index (χ1n) is 8.84. The van der Waals surface area contributed by atoms with Gasteiger partial charge in [0, 0.05) is 28.7 Å². The highest BCUT2D eigenvalue weighted by molar-refractivity contribution is 7.21. The van der Waals surface area contributed by atoms with Crippen LogP contribution in [-0.4, -0.2) is 37.9 Å². The van der Waals surface area contributed by atoms with Gasteiger partial charge in [-0.1, -0.05) is 11.3 Å². The molecule has 0 aliphatic heterocycles. The summed E-state index contributed by atoms with van der Waals surface area (Å²) >= 11 is 1.28. The van der Waals surface area contributed by atoms with Gasteiger partial charge >= 0.3 is 0 Å². The molecule has 29 heavy (non-hydrogen) atoms. The van der Waals surface area contributed by atoms with E-state index in [0.717, 1.165) is 22.6 Å². The van der Waals surface area contributed by atoms with Gasteiger partial charge in [-0.05, 0) is 32.9 Å². The van der Waals surface area contributed by atoms with Crippen molar-refractivity contribution in [2.45, 2.75) is 20.8 Å². The lowest BCUT2D eigenvalue weighted by Gasteiger charge is -2.13. The molecule has 4 heterocycles. The molecule has 0 fully saturated rings. The van der Waals surface area contributed by atoms with Crippen LogP contribution >= 0.6 is 11.3 Å². The quantitative estimate of drug-likeness (QED) is 0.551. The second kappa shape index (κ2) is 7.51. The molecule has 0 bridgehead atoms. The molecule has 0 saturated heterocycles. The Balaban J connectivity index is 1.75. The number of ether oxygens (including phenoxy) is 1. The summed E-state index contributed by atoms with van der Waals surface area (Å²) in [4.78, 5) is 35.3. The largest absolute Gasteiger partial charge is 0.494 e. The summed E-state index contributed by atoms with van der Waals surface area (Å²) in [6.45, 7) is 5.62. The van der Waals surface area contributed by atoms with Gasteiger partial charge in [0.15, 0.2) is 15.6 Å². The number of thiazole rings is 1. The van der Waals surface area contributed by atoms with Crippen molar-refractivity contribution in [2.24, 2.45) is 0 Å². The third-order valence-electron chi connectivity index (χ3n) is 4.26. The number of carbonyl (C=O) groups is 1. The average molecular weight is 406 g/mol. The number of amides is 1. The van der Waals surface area contributed by atoms with E-state index in [-0.39, 0.29) is 5.91 Å². The van der Waals surface area contributed by atoms with Crippen LogP contribution in [0.3, 0.4) is 0 Å². The third kappa shape index (κ3) is 3.77. The zero-order valence-electron chi connectivity index (χ0n) is 16.3. The van der Waals surface area contributed by atoms with Crippen molar-refractivity contribution in [3.63, 3.8) is 0 Å². The first-order chi connectivity index (χ1) is 13.9. The molecule has 4 aromatic heterocycles. The zero-order valence-corrected chi connectivity index (χ0v) is 17.2. The fraction of sp³-hybridized carbons (Fsp3) is 0.200. The molecular formula is C20H18N6O2S. The molecule has 0 aromatic carbocycles. The van der Waals surface area contributed by atoms with E-state index in [1.54, 1.807) is 25.7 Å². The van der Waals surface area contributed by atoms with E-state index in [1.165, 1.54) is 11.3 Å². The van der Waals surface area contributed by atoms with Gasteiger partial charge < -0.3 is 4.74 Å². The van der Waals surface area contributed by atoms with Crippen LogP contribution in [0.25, 0.3) is 21.6 Å². The van der Waals surface area contributed by atoms with Crippen LogP contribution in [0.5, 0.6) is 5.75 Å². The number of hydrogen-bond acceptors (Lipinski definition) is 8. The van der Waals surface area contributed by atoms with E-state index in [4.69, 9.17) is 4.74 Å². The highest BCUT2D eigenvalue weighted by Gasteiger charge is 2.19. The van der Waals surface area contributed by atoms with Crippen molar-refractivity contribution >= 4 is 32.9 Å². The number of anilines is 1. The van der Waals surface area contributed by atoms with Gasteiger partial charge in [0.05, 0.1) is 30.8 Å². The summed E-state index contributed by atoms with van der Waals surface area (Å²) in [7, 11) is 1.58. The SMILES string of the molecule is COc1cnc(C)cc1-c1cc(C)ncc1C(=O)Nc1nc2ncc(C)nc2s1. The predicted octanol–water partition coefficient (Wildman–Crippen LogP) is 3.73. The van der Waals surface area contributed by atoms with Gasteiger partial charge in [0.2, 0.25) is 0 Å². The second-order valence-corrected chi connectivity index (χ2v) is 7.49. The molecule has 0 unspecified atom stereocenters. The summed E-state index contributed by atoms with van der Waals surface area (Å²) in [5.41, 5.74) is 4.81. The lowest BCUT2D eigenvalue weighted by Crippen LogP contribution is -2.14. The number of nitrogens with zero attached hydrogens (tertiary/aromatic N) is 5. The molecule has 9 heteroatoms. The van der Waals surface area contributed by atoms with Crippen LogP contribution in [0.15, 0.2) is 30.7 Å². The minimum atomic E-state index is -0.320. The van der Waals surface area contributed by atoms with Gasteiger partial charge in [-0.2, -0.15) is 4.98 Å². The standard InChI is InChI=1S/C20H18N6O2S/c1-10-5-13(14-6-11(2)22-9-16(14)28-4)15(8-21-10)18(27)26-20-25-17-19(29-20)24-12(3)7-23-17/h5-9H,1-4H3,(H,23,25,26,27). The van der Waals surface area contributed by atoms with E-state index < -0.39 is 0 Å². The van der Waals surface area contributed by atoms with Gasteiger partial charge in [-0.15, -0.1) is 0 Å². The molecule has 4 rings (SSSR count). The van der Waals surface area contributed by atoms with Gasteiger partial charge in [-0.25, -0.2) is 9.97 Å². The van der Waals surface area contributed by atoms with Gasteiger partial charge in [0.1, 0.15) is 5.75 Å². The summed E-state index contributed by atoms with van der Waals surface area (Å²) in [5, 5.41) is 3.27. The fourth-order valence-electron chi connectivity index (χ4n) is 2.91. The molecule has 0 atom stereocenters. The first-order valence-corrected chi connectivity index (χ1v) is 9.65. The van der Waals surface area contributed by atoms with E-state index in [1.807, 2.05) is 32.9 Å². The number of aromatic nitrogens is 5. The number of hydrogen-bond donors (Lipinski definition) is 1. The molecule has 1 amide bonds. The summed E-state index contributed by atoms with van der Waals surface area (Å²) in [5.74, 6) is 0.263. The van der Waals surface area contributed by atoms with Crippen molar-refractivity contribution in [3.8, 4) is 16.9 Å². The Morgan fingerprint density at radius 1 is 0.931 bits per heavy atom. The van der Waals surface area contributed by atoms with Crippen LogP contribution < -0.4 is 10.1 Å². The molecule has 4 aromatic rings. The highest BCUT2D eigenvalue weighted by atomic mass is 32.1. The van der Waals surface area contributed by atoms with E-state index >= 15 is 0 Å². The molecule has 146 valence electrons. The smallest absolute Gasteiger partial charge is 0.259 e. The number of aryl methyl sites for hydroxylation is 3. The molecular weight excluding hydrogens is 388 g/mol. The lowest BCUT2D eigenvalue weighted by molar-refractivity contribution is 0.102. The molecule has 0 aliphatic rings. The van der Waals surface area contributed by atoms with Crippen LogP contribution in [0.4, 0.5) is 5.13 Å². The Morgan fingerprint density at radius 3 is 2.41 bits per heavy atom. The molecule has 0 aliphatic carbocycles. The Bertz CT molecular complexity index is 1240. The minimum Gasteiger partial charge on any atom is -0.494 e. The van der Waals surface area contributed by atoms with E-state index in [0.29, 0.717) is 32.5 Å². The fourth-order valence-corrected chi connectivity index (χ4v) is 3.74. The Hall–Kier alpha value is -3.46. The Kier molecular flexibility index (Phi) is 4.89. The number of rotatable bonds is 4. The summed E-state index contributed by atoms with van der Waals surface area (Å²) < 4.78 is 5.46. The van der Waals surface area contributed by atoms with Crippen molar-refractivity contribution in [1.82, 2.24) is 24.9 Å². The number of nitrogens with one attached hydrogen (secondary N) is 1. The predicted molar refractivity (Wildman–Crippen MR) is 111 cm³/mol. The Morgan fingerprint density at radius 2 is 1.66 bits per heavy atom. The van der Waals surface area contributed by atoms with Crippen molar-refractivity contribution in [2.75, 3.05) is 12.4 Å². The monoisotopic (exact) mass is 406 g/mol. The highest BCUT2D eigenvalue weighted by Crippen LogP contribution is 2.33. The molecule has 0 spiro atoms. The van der Waals surface area contributed by atoms with Crippen molar-refractivity contribution in [3.05, 3.63) is 53.4 Å². The normalized spacial score (nSPS) is 10.9. The Labute approximate surface area is 171 Å². The van der Waals surface area contributed by atoms with E-state index in [9.17, 15) is 4.79 Å². The molecule has 1 N–H and O–H groups in total. The maximum absolute atomic E-state index is 13.1. The number of fused-ring (bicyclic) bond motifs is 1. The van der Waals surface area contributed by atoms with Crippen molar-refractivity contribution < 1.29 is 9.53 Å². The number of carbonyl (C=O) groups excluding carboxylic acids is 1. The average Bonchev–Trinajstić information content (AvgIpc) is 3.09. The van der Waals surface area contributed by atoms with Crippen LogP contribution in [0.2, 0.25) is 0 Å². The molecule has 0 radical (unpaired) electrons. The topological polar surface area (TPSA) is 103 Å². The van der Waals surface area contributed by atoms with Gasteiger partial charge in [-0.3, -0.25) is 20.1 Å². The van der Waals surface area contributed by atoms with Crippen molar-refractivity contribution in [1.29, 1.82) is 0 Å². The van der Waals surface area contributed by atoms with Crippen LogP contribution in [0, 0.1) is 20.8 Å². The zero-order chi connectivity index (χ0) is 20.5. The third-order valence-corrected chi connectivity index (χ3v) is 5.12. The molecule has 8 nitrogen and oxygen atoms in total. The maximum Gasteiger partial charge on any atom is 0.259 e. The van der Waals surface area contributed by atoms with Gasteiger partial charge in [0.25, 0.3) is 5.91 Å². The summed E-state index contributed by atoms with van der Waals surface area (Å²) in [6, 6.07) is 3.75. The maximum atomic E-state index is 13.1. The summed E-state index contributed by atoms with van der Waals surface area (Å²) in [6.07, 6.45) is 4.85. The number of pyridine rings is 2. The first kappa shape index (κ1) is 18.9. The molecule has 0 saturated carbocycles. The van der Waals surface area contributed by atoms with E-state index in [2.05, 4.69) is 30.2 Å².